The molecular formula is C11H15N5S. The van der Waals surface area contributed by atoms with Gasteiger partial charge in [-0.05, 0) is 24.4 Å². The third-order valence-electron chi connectivity index (χ3n) is 2.40. The van der Waals surface area contributed by atoms with E-state index in [2.05, 4.69) is 44.7 Å². The van der Waals surface area contributed by atoms with E-state index < -0.39 is 0 Å². The number of hydrogen-bond acceptors (Lipinski definition) is 6. The maximum absolute atomic E-state index is 5.30. The van der Waals surface area contributed by atoms with Crippen LogP contribution in [0.25, 0.3) is 0 Å². The Balaban J connectivity index is 2.16. The molecule has 0 aliphatic carbocycles. The molecule has 0 saturated heterocycles. The van der Waals surface area contributed by atoms with Gasteiger partial charge in [0, 0.05) is 17.6 Å². The summed E-state index contributed by atoms with van der Waals surface area (Å²) in [5.74, 6) is 6.62. The van der Waals surface area contributed by atoms with Crippen LogP contribution in [0.2, 0.25) is 0 Å². The van der Waals surface area contributed by atoms with Gasteiger partial charge in [0.25, 0.3) is 0 Å². The predicted octanol–water partition coefficient (Wildman–Crippen LogP) is 1.85. The molecule has 0 aromatic carbocycles. The summed E-state index contributed by atoms with van der Waals surface area (Å²) in [6.07, 6.45) is 1.70. The molecule has 0 amide bonds. The molecule has 0 aliphatic rings. The summed E-state index contributed by atoms with van der Waals surface area (Å²) in [5.41, 5.74) is 2.46. The van der Waals surface area contributed by atoms with Crippen molar-refractivity contribution in [3.8, 4) is 0 Å². The largest absolute Gasteiger partial charge is 0.352 e. The Hall–Kier alpha value is -1.66. The molecular weight excluding hydrogens is 234 g/mol. The molecule has 6 heteroatoms. The lowest BCUT2D eigenvalue weighted by Gasteiger charge is -2.21. The quantitative estimate of drug-likeness (QED) is 0.625. The van der Waals surface area contributed by atoms with E-state index in [9.17, 15) is 0 Å². The first kappa shape index (κ1) is 11.8. The molecule has 0 aliphatic heterocycles. The van der Waals surface area contributed by atoms with Crippen molar-refractivity contribution in [3.05, 3.63) is 34.7 Å². The second-order valence-corrected chi connectivity index (χ2v) is 4.51. The molecule has 3 N–H and O–H groups in total. The van der Waals surface area contributed by atoms with E-state index in [0.717, 1.165) is 18.9 Å². The van der Waals surface area contributed by atoms with Crippen molar-refractivity contribution in [2.75, 3.05) is 16.9 Å². The molecule has 0 bridgehead atoms. The van der Waals surface area contributed by atoms with Crippen molar-refractivity contribution in [3.63, 3.8) is 0 Å². The monoisotopic (exact) mass is 249 g/mol. The topological polar surface area (TPSA) is 67.1 Å². The first-order valence-corrected chi connectivity index (χ1v) is 6.28. The van der Waals surface area contributed by atoms with Crippen LogP contribution in [0.4, 0.5) is 11.8 Å². The number of thiophene rings is 1. The summed E-state index contributed by atoms with van der Waals surface area (Å²) in [6.45, 7) is 3.85. The molecule has 0 unspecified atom stereocenters. The number of nitrogen functional groups attached to an aromatic ring is 1. The second-order valence-electron chi connectivity index (χ2n) is 3.48. The first-order valence-electron chi connectivity index (χ1n) is 5.40. The molecule has 0 atom stereocenters. The highest BCUT2D eigenvalue weighted by atomic mass is 32.1. The Morgan fingerprint density at radius 2 is 2.35 bits per heavy atom. The Morgan fingerprint density at radius 3 is 3.00 bits per heavy atom. The average Bonchev–Trinajstić information content (AvgIpc) is 2.89. The molecule has 5 nitrogen and oxygen atoms in total. The third kappa shape index (κ3) is 2.92. The fourth-order valence-corrected chi connectivity index (χ4v) is 2.26. The van der Waals surface area contributed by atoms with Gasteiger partial charge in [-0.2, -0.15) is 4.98 Å². The number of nitrogens with two attached hydrogens (primary N) is 1. The summed E-state index contributed by atoms with van der Waals surface area (Å²) in [6, 6.07) is 6.06. The number of anilines is 2. The van der Waals surface area contributed by atoms with Crippen molar-refractivity contribution in [1.29, 1.82) is 0 Å². The minimum absolute atomic E-state index is 0.437. The number of rotatable bonds is 5. The Labute approximate surface area is 104 Å². The molecule has 0 radical (unpaired) electrons. The summed E-state index contributed by atoms with van der Waals surface area (Å²) in [7, 11) is 0. The Kier molecular flexibility index (Phi) is 3.89. The fraction of sp³-hybridized carbons (Fsp3) is 0.273. The molecule has 0 saturated carbocycles. The van der Waals surface area contributed by atoms with Crippen LogP contribution < -0.4 is 16.2 Å². The van der Waals surface area contributed by atoms with Crippen LogP contribution in [0.3, 0.4) is 0 Å². The zero-order chi connectivity index (χ0) is 12.1. The van der Waals surface area contributed by atoms with Crippen molar-refractivity contribution >= 4 is 23.1 Å². The van der Waals surface area contributed by atoms with Gasteiger partial charge in [-0.15, -0.1) is 11.3 Å². The standard InChI is InChI=1S/C11H15N5S/c1-2-16(8-9-4-3-7-17-9)10-5-6-13-11(14-10)15-12/h3-7H,2,8,12H2,1H3,(H,13,14,15). The number of aromatic nitrogens is 2. The second kappa shape index (κ2) is 5.60. The summed E-state index contributed by atoms with van der Waals surface area (Å²) in [4.78, 5) is 11.8. The van der Waals surface area contributed by atoms with Crippen LogP contribution in [0.5, 0.6) is 0 Å². The van der Waals surface area contributed by atoms with Gasteiger partial charge in [0.05, 0.1) is 6.54 Å². The summed E-state index contributed by atoms with van der Waals surface area (Å²) >= 11 is 1.75. The first-order chi connectivity index (χ1) is 8.33. The van der Waals surface area contributed by atoms with Crippen LogP contribution in [0.15, 0.2) is 29.8 Å². The average molecular weight is 249 g/mol. The van der Waals surface area contributed by atoms with E-state index >= 15 is 0 Å². The third-order valence-corrected chi connectivity index (χ3v) is 3.26. The summed E-state index contributed by atoms with van der Waals surface area (Å²) < 4.78 is 0. The summed E-state index contributed by atoms with van der Waals surface area (Å²) in [5, 5.41) is 2.08. The predicted molar refractivity (Wildman–Crippen MR) is 70.9 cm³/mol. The lowest BCUT2D eigenvalue weighted by Crippen LogP contribution is -2.23. The number of hydrazine groups is 1. The number of hydrogen-bond donors (Lipinski definition) is 2. The Morgan fingerprint density at radius 1 is 1.47 bits per heavy atom. The van der Waals surface area contributed by atoms with Gasteiger partial charge in [0.15, 0.2) is 0 Å². The van der Waals surface area contributed by atoms with Crippen LogP contribution in [0, 0.1) is 0 Å². The van der Waals surface area contributed by atoms with E-state index in [-0.39, 0.29) is 0 Å². The maximum atomic E-state index is 5.30. The van der Waals surface area contributed by atoms with E-state index in [1.54, 1.807) is 17.5 Å². The van der Waals surface area contributed by atoms with Crippen LogP contribution in [-0.2, 0) is 6.54 Å². The smallest absolute Gasteiger partial charge is 0.239 e. The lowest BCUT2D eigenvalue weighted by molar-refractivity contribution is 0.820. The Bertz CT molecular complexity index is 457. The number of nitrogens with zero attached hydrogens (tertiary/aromatic N) is 3. The van der Waals surface area contributed by atoms with Gasteiger partial charge in [-0.25, -0.2) is 10.8 Å². The van der Waals surface area contributed by atoms with Crippen molar-refractivity contribution in [1.82, 2.24) is 9.97 Å². The van der Waals surface area contributed by atoms with E-state index in [4.69, 9.17) is 5.84 Å². The van der Waals surface area contributed by atoms with Gasteiger partial charge >= 0.3 is 0 Å². The highest BCUT2D eigenvalue weighted by Crippen LogP contribution is 2.17. The molecule has 2 rings (SSSR count). The minimum Gasteiger partial charge on any atom is -0.352 e. The molecule has 2 aromatic heterocycles. The SMILES string of the molecule is CCN(Cc1cccs1)c1ccnc(NN)n1. The van der Waals surface area contributed by atoms with E-state index in [1.165, 1.54) is 4.88 Å². The maximum Gasteiger partial charge on any atom is 0.239 e. The highest BCUT2D eigenvalue weighted by Gasteiger charge is 2.08. The van der Waals surface area contributed by atoms with Gasteiger partial charge in [0.1, 0.15) is 5.82 Å². The van der Waals surface area contributed by atoms with Gasteiger partial charge in [-0.3, -0.25) is 5.43 Å². The molecule has 2 heterocycles. The van der Waals surface area contributed by atoms with Crippen molar-refractivity contribution in [2.24, 2.45) is 5.84 Å². The van der Waals surface area contributed by atoms with Crippen molar-refractivity contribution < 1.29 is 0 Å². The van der Waals surface area contributed by atoms with E-state index in [1.807, 2.05) is 6.07 Å². The molecule has 2 aromatic rings. The molecule has 0 spiro atoms. The van der Waals surface area contributed by atoms with Gasteiger partial charge in [0.2, 0.25) is 5.95 Å². The molecule has 0 fully saturated rings. The lowest BCUT2D eigenvalue weighted by atomic mass is 10.4. The van der Waals surface area contributed by atoms with Gasteiger partial charge in [-0.1, -0.05) is 6.07 Å². The molecule has 17 heavy (non-hydrogen) atoms. The zero-order valence-corrected chi connectivity index (χ0v) is 10.4. The van der Waals surface area contributed by atoms with Crippen LogP contribution in [0.1, 0.15) is 11.8 Å². The highest BCUT2D eigenvalue weighted by molar-refractivity contribution is 7.09. The van der Waals surface area contributed by atoms with Gasteiger partial charge < -0.3 is 4.90 Å². The minimum atomic E-state index is 0.437. The van der Waals surface area contributed by atoms with E-state index in [0.29, 0.717) is 5.95 Å². The normalized spacial score (nSPS) is 10.2. The van der Waals surface area contributed by atoms with Crippen LogP contribution in [-0.4, -0.2) is 16.5 Å². The number of nitrogens with one attached hydrogen (secondary N) is 1. The van der Waals surface area contributed by atoms with Crippen LogP contribution >= 0.6 is 11.3 Å². The fourth-order valence-electron chi connectivity index (χ4n) is 1.54. The zero-order valence-electron chi connectivity index (χ0n) is 9.63. The molecule has 90 valence electrons. The van der Waals surface area contributed by atoms with Crippen molar-refractivity contribution in [2.45, 2.75) is 13.5 Å².